The van der Waals surface area contributed by atoms with E-state index in [1.54, 1.807) is 0 Å². The molecule has 1 aromatic carbocycles. The highest BCUT2D eigenvalue weighted by Crippen LogP contribution is 2.20. The standard InChI is InChI=1S/C16H20N2O/c1-13-7-8-16(19-13)12-17-14-5-4-6-15(11-14)18-9-2-3-10-18/h2-6,9-11,13,16-17H,7-8,12H2,1H3. The monoisotopic (exact) mass is 256 g/mol. The Bertz CT molecular complexity index is 521. The number of aromatic nitrogens is 1. The number of nitrogens with one attached hydrogen (secondary N) is 1. The summed E-state index contributed by atoms with van der Waals surface area (Å²) in [5.41, 5.74) is 2.32. The van der Waals surface area contributed by atoms with Crippen LogP contribution in [-0.2, 0) is 4.74 Å². The smallest absolute Gasteiger partial charge is 0.0751 e. The van der Waals surface area contributed by atoms with Crippen molar-refractivity contribution in [1.82, 2.24) is 4.57 Å². The lowest BCUT2D eigenvalue weighted by atomic mass is 10.2. The Morgan fingerprint density at radius 2 is 2.05 bits per heavy atom. The molecule has 1 aliphatic heterocycles. The maximum absolute atomic E-state index is 5.82. The quantitative estimate of drug-likeness (QED) is 0.906. The Hall–Kier alpha value is -1.74. The maximum atomic E-state index is 5.82. The largest absolute Gasteiger partial charge is 0.382 e. The van der Waals surface area contributed by atoms with Crippen molar-refractivity contribution in [1.29, 1.82) is 0 Å². The van der Waals surface area contributed by atoms with Gasteiger partial charge in [-0.05, 0) is 50.1 Å². The summed E-state index contributed by atoms with van der Waals surface area (Å²) in [5, 5.41) is 3.47. The number of nitrogens with zero attached hydrogens (tertiary/aromatic N) is 1. The number of benzene rings is 1. The fourth-order valence-corrected chi connectivity index (χ4v) is 2.55. The van der Waals surface area contributed by atoms with Gasteiger partial charge < -0.3 is 14.6 Å². The van der Waals surface area contributed by atoms with Gasteiger partial charge in [-0.3, -0.25) is 0 Å². The number of hydrogen-bond donors (Lipinski definition) is 1. The van der Waals surface area contributed by atoms with E-state index in [1.807, 2.05) is 12.1 Å². The maximum Gasteiger partial charge on any atom is 0.0751 e. The van der Waals surface area contributed by atoms with E-state index in [1.165, 1.54) is 12.1 Å². The first-order chi connectivity index (χ1) is 9.31. The Morgan fingerprint density at radius 3 is 2.79 bits per heavy atom. The van der Waals surface area contributed by atoms with Crippen molar-refractivity contribution in [2.45, 2.75) is 32.0 Å². The number of anilines is 1. The molecule has 2 atom stereocenters. The fourth-order valence-electron chi connectivity index (χ4n) is 2.55. The molecule has 1 aromatic heterocycles. The summed E-state index contributed by atoms with van der Waals surface area (Å²) in [6, 6.07) is 12.5. The highest BCUT2D eigenvalue weighted by atomic mass is 16.5. The lowest BCUT2D eigenvalue weighted by Gasteiger charge is -2.14. The Kier molecular flexibility index (Phi) is 3.56. The van der Waals surface area contributed by atoms with Crippen LogP contribution in [0.25, 0.3) is 5.69 Å². The third kappa shape index (κ3) is 2.99. The highest BCUT2D eigenvalue weighted by molar-refractivity contribution is 5.51. The molecule has 3 rings (SSSR count). The molecule has 1 fully saturated rings. The first kappa shape index (κ1) is 12.3. The van der Waals surface area contributed by atoms with Gasteiger partial charge in [0.1, 0.15) is 0 Å². The summed E-state index contributed by atoms with van der Waals surface area (Å²) in [4.78, 5) is 0. The predicted molar refractivity (Wildman–Crippen MR) is 77.8 cm³/mol. The molecule has 2 aromatic rings. The molecule has 0 bridgehead atoms. The lowest BCUT2D eigenvalue weighted by molar-refractivity contribution is 0.0637. The van der Waals surface area contributed by atoms with Crippen LogP contribution in [0.3, 0.4) is 0 Å². The molecule has 2 unspecified atom stereocenters. The van der Waals surface area contributed by atoms with Crippen molar-refractivity contribution < 1.29 is 4.74 Å². The third-order valence-electron chi connectivity index (χ3n) is 3.60. The molecule has 0 spiro atoms. The van der Waals surface area contributed by atoms with E-state index in [2.05, 4.69) is 53.5 Å². The molecule has 2 heterocycles. The van der Waals surface area contributed by atoms with E-state index >= 15 is 0 Å². The second kappa shape index (κ2) is 5.49. The van der Waals surface area contributed by atoms with E-state index in [0.29, 0.717) is 12.2 Å². The molecule has 3 heteroatoms. The average Bonchev–Trinajstić information content (AvgIpc) is 3.08. The summed E-state index contributed by atoms with van der Waals surface area (Å²) in [7, 11) is 0. The Balaban J connectivity index is 1.63. The van der Waals surface area contributed by atoms with E-state index in [9.17, 15) is 0 Å². The first-order valence-corrected chi connectivity index (χ1v) is 6.94. The van der Waals surface area contributed by atoms with E-state index < -0.39 is 0 Å². The van der Waals surface area contributed by atoms with Crippen LogP contribution < -0.4 is 5.32 Å². The van der Waals surface area contributed by atoms with Gasteiger partial charge in [-0.15, -0.1) is 0 Å². The van der Waals surface area contributed by atoms with Gasteiger partial charge in [0.2, 0.25) is 0 Å². The molecule has 0 aliphatic carbocycles. The van der Waals surface area contributed by atoms with Gasteiger partial charge >= 0.3 is 0 Å². The SMILES string of the molecule is CC1CCC(CNc2cccc(-n3cccc3)c2)O1. The molecule has 3 nitrogen and oxygen atoms in total. The summed E-state index contributed by atoms with van der Waals surface area (Å²) in [5.74, 6) is 0. The number of hydrogen-bond acceptors (Lipinski definition) is 2. The normalized spacial score (nSPS) is 22.6. The van der Waals surface area contributed by atoms with Crippen molar-refractivity contribution in [2.24, 2.45) is 0 Å². The summed E-state index contributed by atoms with van der Waals surface area (Å²) >= 11 is 0. The second-order valence-electron chi connectivity index (χ2n) is 5.17. The van der Waals surface area contributed by atoms with Crippen LogP contribution in [0.2, 0.25) is 0 Å². The van der Waals surface area contributed by atoms with E-state index in [0.717, 1.165) is 18.7 Å². The minimum atomic E-state index is 0.352. The molecule has 1 saturated heterocycles. The van der Waals surface area contributed by atoms with Crippen molar-refractivity contribution in [3.8, 4) is 5.69 Å². The fraction of sp³-hybridized carbons (Fsp3) is 0.375. The molecule has 19 heavy (non-hydrogen) atoms. The van der Waals surface area contributed by atoms with Crippen LogP contribution in [0.1, 0.15) is 19.8 Å². The summed E-state index contributed by atoms with van der Waals surface area (Å²) in [6.07, 6.45) is 7.21. The zero-order valence-corrected chi connectivity index (χ0v) is 11.3. The first-order valence-electron chi connectivity index (χ1n) is 6.94. The lowest BCUT2D eigenvalue weighted by Crippen LogP contribution is -2.19. The van der Waals surface area contributed by atoms with Gasteiger partial charge in [0, 0.05) is 30.3 Å². The van der Waals surface area contributed by atoms with Crippen molar-refractivity contribution >= 4 is 5.69 Å². The van der Waals surface area contributed by atoms with Crippen LogP contribution in [0.15, 0.2) is 48.8 Å². The number of ether oxygens (including phenoxy) is 1. The molecule has 1 N–H and O–H groups in total. The summed E-state index contributed by atoms with van der Waals surface area (Å²) < 4.78 is 7.93. The van der Waals surface area contributed by atoms with Crippen LogP contribution in [0.4, 0.5) is 5.69 Å². The van der Waals surface area contributed by atoms with Crippen LogP contribution in [0, 0.1) is 0 Å². The molecule has 0 amide bonds. The average molecular weight is 256 g/mol. The molecule has 0 saturated carbocycles. The Labute approximate surface area is 114 Å². The molecular formula is C16H20N2O. The molecule has 100 valence electrons. The molecule has 1 aliphatic rings. The summed E-state index contributed by atoms with van der Waals surface area (Å²) in [6.45, 7) is 3.03. The van der Waals surface area contributed by atoms with Gasteiger partial charge in [-0.2, -0.15) is 0 Å². The third-order valence-corrected chi connectivity index (χ3v) is 3.60. The van der Waals surface area contributed by atoms with Crippen molar-refractivity contribution in [3.63, 3.8) is 0 Å². The minimum Gasteiger partial charge on any atom is -0.382 e. The van der Waals surface area contributed by atoms with Crippen LogP contribution in [-0.4, -0.2) is 23.3 Å². The van der Waals surface area contributed by atoms with Gasteiger partial charge in [0.25, 0.3) is 0 Å². The van der Waals surface area contributed by atoms with Gasteiger partial charge in [-0.1, -0.05) is 6.07 Å². The van der Waals surface area contributed by atoms with Gasteiger partial charge in [0.15, 0.2) is 0 Å². The predicted octanol–water partition coefficient (Wildman–Crippen LogP) is 3.46. The second-order valence-corrected chi connectivity index (χ2v) is 5.17. The van der Waals surface area contributed by atoms with Gasteiger partial charge in [-0.25, -0.2) is 0 Å². The van der Waals surface area contributed by atoms with Crippen molar-refractivity contribution in [3.05, 3.63) is 48.8 Å². The Morgan fingerprint density at radius 1 is 1.21 bits per heavy atom. The van der Waals surface area contributed by atoms with Crippen LogP contribution in [0.5, 0.6) is 0 Å². The molecular weight excluding hydrogens is 236 g/mol. The zero-order valence-electron chi connectivity index (χ0n) is 11.3. The van der Waals surface area contributed by atoms with Crippen LogP contribution >= 0.6 is 0 Å². The van der Waals surface area contributed by atoms with E-state index in [4.69, 9.17) is 4.74 Å². The zero-order chi connectivity index (χ0) is 13.1. The molecule has 0 radical (unpaired) electrons. The van der Waals surface area contributed by atoms with Gasteiger partial charge in [0.05, 0.1) is 12.2 Å². The van der Waals surface area contributed by atoms with Crippen molar-refractivity contribution in [2.75, 3.05) is 11.9 Å². The highest BCUT2D eigenvalue weighted by Gasteiger charge is 2.21. The topological polar surface area (TPSA) is 26.2 Å². The van der Waals surface area contributed by atoms with E-state index in [-0.39, 0.29) is 0 Å². The minimum absolute atomic E-state index is 0.352. The number of rotatable bonds is 4.